The second-order valence-electron chi connectivity index (χ2n) is 4.90. The predicted octanol–water partition coefficient (Wildman–Crippen LogP) is 1.74. The van der Waals surface area contributed by atoms with Gasteiger partial charge < -0.3 is 4.90 Å². The summed E-state index contributed by atoms with van der Waals surface area (Å²) in [6.45, 7) is 0. The van der Waals surface area contributed by atoms with Gasteiger partial charge in [-0.05, 0) is 51.9 Å². The number of nitrogens with zero attached hydrogens (tertiary/aromatic N) is 1. The molecule has 1 aromatic rings. The molecule has 0 aromatic heterocycles. The second kappa shape index (κ2) is 5.17. The van der Waals surface area contributed by atoms with Crippen molar-refractivity contribution in [2.24, 2.45) is 0 Å². The molecule has 0 fully saturated rings. The monoisotopic (exact) mass is 261 g/mol. The Balaban J connectivity index is 1.95. The number of carbonyl (C=O) groups excluding carboxylic acids is 1. The van der Waals surface area contributed by atoms with Gasteiger partial charge >= 0.3 is 0 Å². The predicted molar refractivity (Wildman–Crippen MR) is 82.8 cm³/mol. The average molecular weight is 261 g/mol. The molecule has 20 heavy (non-hydrogen) atoms. The van der Waals surface area contributed by atoms with E-state index < -0.39 is 0 Å². The molecule has 0 saturated heterocycles. The summed E-state index contributed by atoms with van der Waals surface area (Å²) in [6.07, 6.45) is 17.5. The lowest BCUT2D eigenvalue weighted by atomic mass is 10.0. The van der Waals surface area contributed by atoms with Crippen molar-refractivity contribution in [3.63, 3.8) is 0 Å². The van der Waals surface area contributed by atoms with Crippen LogP contribution in [0.2, 0.25) is 0 Å². The third kappa shape index (κ3) is 2.69. The molecule has 0 atom stereocenters. The minimum absolute atomic E-state index is 0.0537. The summed E-state index contributed by atoms with van der Waals surface area (Å²) < 4.78 is 0. The molecule has 0 saturated carbocycles. The maximum Gasteiger partial charge on any atom is 0.179 e. The lowest BCUT2D eigenvalue weighted by Gasteiger charge is -2.11. The van der Waals surface area contributed by atoms with Crippen LogP contribution in [0.4, 0.5) is 0 Å². The van der Waals surface area contributed by atoms with Crippen molar-refractivity contribution in [2.45, 2.75) is 0 Å². The lowest BCUT2D eigenvalue weighted by molar-refractivity contribution is -0.109. The summed E-state index contributed by atoms with van der Waals surface area (Å²) in [6, 6.07) is 6.11. The Kier molecular flexibility index (Phi) is 3.21. The molecule has 0 amide bonds. The first kappa shape index (κ1) is 12.4. The standard InChI is InChI=1S/C18H15NO/c1-19-10-8-14(9-11-19)2-3-15-4-5-17-13-18(20)7-6-16(17)12-15/h2-13H,1H3/b15-3+. The van der Waals surface area contributed by atoms with Gasteiger partial charge in [-0.1, -0.05) is 30.4 Å². The van der Waals surface area contributed by atoms with Crippen LogP contribution in [0.25, 0.3) is 18.2 Å². The first-order chi connectivity index (χ1) is 9.70. The number of allylic oxidation sites excluding steroid dienone is 5. The van der Waals surface area contributed by atoms with Gasteiger partial charge in [0.15, 0.2) is 5.78 Å². The molecule has 2 aliphatic rings. The Bertz CT molecular complexity index is 775. The molecular formula is C18H15NO. The summed E-state index contributed by atoms with van der Waals surface area (Å²) in [5.74, 6) is 0.0537. The number of rotatable bonds is 1. The number of benzene rings is 1. The highest BCUT2D eigenvalue weighted by atomic mass is 16.1. The summed E-state index contributed by atoms with van der Waals surface area (Å²) in [4.78, 5) is 13.3. The molecule has 1 aliphatic heterocycles. The first-order valence-electron chi connectivity index (χ1n) is 6.55. The highest BCUT2D eigenvalue weighted by molar-refractivity contribution is 6.16. The van der Waals surface area contributed by atoms with Crippen molar-refractivity contribution in [3.05, 3.63) is 76.5 Å². The van der Waals surface area contributed by atoms with Gasteiger partial charge in [-0.3, -0.25) is 4.79 Å². The molecule has 0 unspecified atom stereocenters. The van der Waals surface area contributed by atoms with Crippen LogP contribution in [0.3, 0.4) is 0 Å². The molecule has 2 heteroatoms. The van der Waals surface area contributed by atoms with E-state index in [4.69, 9.17) is 0 Å². The largest absolute Gasteiger partial charge is 0.357 e. The number of ketones is 1. The van der Waals surface area contributed by atoms with E-state index in [-0.39, 0.29) is 5.78 Å². The summed E-state index contributed by atoms with van der Waals surface area (Å²) in [7, 11) is 2.00. The smallest absolute Gasteiger partial charge is 0.179 e. The molecule has 1 heterocycles. The molecule has 98 valence electrons. The Hall–Kier alpha value is -2.61. The van der Waals surface area contributed by atoms with Crippen LogP contribution in [-0.4, -0.2) is 17.7 Å². The highest BCUT2D eigenvalue weighted by Crippen LogP contribution is 2.07. The van der Waals surface area contributed by atoms with Gasteiger partial charge in [-0.25, -0.2) is 0 Å². The number of fused-ring (bicyclic) bond motifs is 1. The van der Waals surface area contributed by atoms with Crippen LogP contribution in [0, 0.1) is 0 Å². The summed E-state index contributed by atoms with van der Waals surface area (Å²) in [5.41, 5.74) is 2.25. The van der Waals surface area contributed by atoms with Crippen molar-refractivity contribution >= 4 is 24.0 Å². The van der Waals surface area contributed by atoms with E-state index in [0.717, 1.165) is 21.6 Å². The summed E-state index contributed by atoms with van der Waals surface area (Å²) >= 11 is 0. The summed E-state index contributed by atoms with van der Waals surface area (Å²) in [5, 5.41) is 2.12. The third-order valence-electron chi connectivity index (χ3n) is 3.31. The highest BCUT2D eigenvalue weighted by Gasteiger charge is 2.00. The zero-order valence-corrected chi connectivity index (χ0v) is 11.3. The van der Waals surface area contributed by atoms with Gasteiger partial charge in [-0.2, -0.15) is 0 Å². The minimum atomic E-state index is 0.0537. The van der Waals surface area contributed by atoms with Crippen molar-refractivity contribution in [1.82, 2.24) is 4.90 Å². The van der Waals surface area contributed by atoms with E-state index in [2.05, 4.69) is 30.4 Å². The molecular weight excluding hydrogens is 246 g/mol. The SMILES string of the molecule is CN1C=CC(=C/C=c2\ccc3c(c2)C=CC(=O)C=3)C=C1. The number of hydrogen-bond acceptors (Lipinski definition) is 2. The van der Waals surface area contributed by atoms with E-state index in [1.165, 1.54) is 0 Å². The van der Waals surface area contributed by atoms with Crippen molar-refractivity contribution in [1.29, 1.82) is 0 Å². The molecule has 3 rings (SSSR count). The van der Waals surface area contributed by atoms with Gasteiger partial charge in [0, 0.05) is 19.4 Å². The second-order valence-corrected chi connectivity index (χ2v) is 4.90. The molecule has 0 spiro atoms. The van der Waals surface area contributed by atoms with Crippen molar-refractivity contribution < 1.29 is 4.79 Å². The quantitative estimate of drug-likeness (QED) is 0.767. The van der Waals surface area contributed by atoms with Gasteiger partial charge in [0.25, 0.3) is 0 Å². The zero-order valence-electron chi connectivity index (χ0n) is 11.3. The van der Waals surface area contributed by atoms with Crippen LogP contribution in [0.5, 0.6) is 0 Å². The fourth-order valence-electron chi connectivity index (χ4n) is 2.16. The molecule has 1 aliphatic carbocycles. The van der Waals surface area contributed by atoms with Crippen LogP contribution in [-0.2, 0) is 4.79 Å². The van der Waals surface area contributed by atoms with Crippen LogP contribution < -0.4 is 10.4 Å². The van der Waals surface area contributed by atoms with Gasteiger partial charge in [0.1, 0.15) is 0 Å². The molecule has 2 nitrogen and oxygen atoms in total. The Labute approximate surface area is 118 Å². The van der Waals surface area contributed by atoms with Crippen LogP contribution in [0.15, 0.2) is 60.5 Å². The molecule has 0 N–H and O–H groups in total. The normalized spacial score (nSPS) is 17.2. The topological polar surface area (TPSA) is 20.3 Å². The van der Waals surface area contributed by atoms with E-state index >= 15 is 0 Å². The fourth-order valence-corrected chi connectivity index (χ4v) is 2.16. The third-order valence-corrected chi connectivity index (χ3v) is 3.31. The molecule has 0 radical (unpaired) electrons. The first-order valence-corrected chi connectivity index (χ1v) is 6.55. The molecule has 0 bridgehead atoms. The maximum absolute atomic E-state index is 11.3. The maximum atomic E-state index is 11.3. The van der Waals surface area contributed by atoms with Crippen molar-refractivity contribution in [3.8, 4) is 0 Å². The van der Waals surface area contributed by atoms with Crippen molar-refractivity contribution in [2.75, 3.05) is 7.05 Å². The van der Waals surface area contributed by atoms with E-state index in [9.17, 15) is 4.79 Å². The minimum Gasteiger partial charge on any atom is -0.357 e. The zero-order chi connectivity index (χ0) is 13.9. The van der Waals surface area contributed by atoms with Crippen LogP contribution >= 0.6 is 0 Å². The van der Waals surface area contributed by atoms with E-state index in [1.807, 2.05) is 42.6 Å². The van der Waals surface area contributed by atoms with Crippen LogP contribution in [0.1, 0.15) is 5.56 Å². The lowest BCUT2D eigenvalue weighted by Crippen LogP contribution is -2.16. The Morgan fingerprint density at radius 2 is 1.80 bits per heavy atom. The van der Waals surface area contributed by atoms with Gasteiger partial charge in [0.05, 0.1) is 0 Å². The van der Waals surface area contributed by atoms with E-state index in [1.54, 1.807) is 12.2 Å². The van der Waals surface area contributed by atoms with Gasteiger partial charge in [-0.15, -0.1) is 0 Å². The molecule has 1 aromatic carbocycles. The number of carbonyl (C=O) groups is 1. The Morgan fingerprint density at radius 3 is 2.60 bits per heavy atom. The van der Waals surface area contributed by atoms with E-state index in [0.29, 0.717) is 0 Å². The number of hydrogen-bond donors (Lipinski definition) is 0. The van der Waals surface area contributed by atoms with Gasteiger partial charge in [0.2, 0.25) is 0 Å². The Morgan fingerprint density at radius 1 is 1.00 bits per heavy atom. The average Bonchev–Trinajstić information content (AvgIpc) is 2.46. The fraction of sp³-hybridized carbons (Fsp3) is 0.0556.